The number of carboxylic acids is 1. The van der Waals surface area contributed by atoms with Gasteiger partial charge in [-0.25, -0.2) is 14.2 Å². The van der Waals surface area contributed by atoms with Crippen LogP contribution in [0.5, 0.6) is 0 Å². The Morgan fingerprint density at radius 2 is 1.82 bits per heavy atom. The van der Waals surface area contributed by atoms with Gasteiger partial charge in [-0.05, 0) is 43.7 Å². The number of halogens is 8. The molecule has 0 saturated heterocycles. The first-order valence-electron chi connectivity index (χ1n) is 10.7. The zero-order chi connectivity index (χ0) is 29.3. The van der Waals surface area contributed by atoms with Crippen LogP contribution >= 0.6 is 11.6 Å². The van der Waals surface area contributed by atoms with Gasteiger partial charge in [-0.3, -0.25) is 4.98 Å². The standard InChI is InChI=1S/C21H17ClF4N4O2.C2HF3O2/c1-10-5-12(22)9-28-18(10)15-7-16(32-30-15)11-3-4-14(23)13(6-11)20(2)8-17(21(24,25)26)29-19(27)31-20;3-2(4,5)1(6)7/h3-7,9,17H,8H2,1-2H3,(H2,27,29);(H,6,7)/t17-,20-;/m0./s1. The van der Waals surface area contributed by atoms with Crippen LogP contribution in [0.2, 0.25) is 5.02 Å². The van der Waals surface area contributed by atoms with Gasteiger partial charge in [0.05, 0.1) is 10.7 Å². The van der Waals surface area contributed by atoms with Crippen molar-refractivity contribution in [3.63, 3.8) is 0 Å². The summed E-state index contributed by atoms with van der Waals surface area (Å²) in [5.74, 6) is -3.24. The summed E-state index contributed by atoms with van der Waals surface area (Å²) in [7, 11) is 0. The first-order chi connectivity index (χ1) is 17.9. The number of alkyl halides is 6. The van der Waals surface area contributed by atoms with E-state index in [1.807, 2.05) is 6.92 Å². The van der Waals surface area contributed by atoms with E-state index in [1.54, 1.807) is 12.1 Å². The van der Waals surface area contributed by atoms with E-state index < -0.39 is 48.2 Å². The molecule has 1 aliphatic heterocycles. The van der Waals surface area contributed by atoms with Crippen molar-refractivity contribution in [2.24, 2.45) is 10.7 Å². The van der Waals surface area contributed by atoms with Crippen molar-refractivity contribution < 1.29 is 49.9 Å². The van der Waals surface area contributed by atoms with Crippen LogP contribution in [0.4, 0.5) is 30.7 Å². The number of nitrogens with two attached hydrogens (primary N) is 1. The maximum absolute atomic E-state index is 14.7. The van der Waals surface area contributed by atoms with Crippen molar-refractivity contribution in [3.8, 4) is 22.7 Å². The minimum atomic E-state index is -5.08. The molecule has 0 spiro atoms. The molecular weight excluding hydrogens is 565 g/mol. The molecule has 0 saturated carbocycles. The Labute approximate surface area is 220 Å². The molecule has 0 bridgehead atoms. The fraction of sp³-hybridized carbons (Fsp3) is 0.304. The van der Waals surface area contributed by atoms with E-state index in [9.17, 15) is 30.7 Å². The number of aliphatic carboxylic acids is 1. The molecular formula is C23H18ClF7N4O4. The molecule has 1 aromatic carbocycles. The van der Waals surface area contributed by atoms with Gasteiger partial charge in [0.15, 0.2) is 11.8 Å². The number of nitrogens with zero attached hydrogens (tertiary/aromatic N) is 3. The third-order valence-electron chi connectivity index (χ3n) is 5.43. The second-order valence-corrected chi connectivity index (χ2v) is 8.89. The Bertz CT molecular complexity index is 1410. The lowest BCUT2D eigenvalue weighted by Gasteiger charge is -2.37. The highest BCUT2D eigenvalue weighted by atomic mass is 35.5. The van der Waals surface area contributed by atoms with Gasteiger partial charge in [0, 0.05) is 29.8 Å². The number of amidine groups is 1. The molecule has 3 N–H and O–H groups in total. The highest BCUT2D eigenvalue weighted by Crippen LogP contribution is 2.42. The third kappa shape index (κ3) is 6.96. The number of aromatic nitrogens is 2. The van der Waals surface area contributed by atoms with Gasteiger partial charge in [-0.1, -0.05) is 16.8 Å². The zero-order valence-corrected chi connectivity index (χ0v) is 20.6. The Balaban J connectivity index is 0.000000532. The van der Waals surface area contributed by atoms with E-state index in [2.05, 4.69) is 15.1 Å². The van der Waals surface area contributed by atoms with Crippen LogP contribution in [0, 0.1) is 12.7 Å². The normalized spacial score (nSPS) is 19.4. The van der Waals surface area contributed by atoms with E-state index in [0.29, 0.717) is 22.0 Å². The maximum Gasteiger partial charge on any atom is 0.490 e. The molecule has 16 heteroatoms. The molecule has 1 aliphatic rings. The van der Waals surface area contributed by atoms with Crippen LogP contribution in [0.15, 0.2) is 46.0 Å². The summed E-state index contributed by atoms with van der Waals surface area (Å²) in [6, 6.07) is 4.45. The monoisotopic (exact) mass is 582 g/mol. The molecule has 3 aromatic rings. The van der Waals surface area contributed by atoms with Gasteiger partial charge in [0.2, 0.25) is 0 Å². The molecule has 210 valence electrons. The molecule has 0 radical (unpaired) electrons. The summed E-state index contributed by atoms with van der Waals surface area (Å²) in [5.41, 5.74) is 5.82. The van der Waals surface area contributed by atoms with Crippen molar-refractivity contribution in [3.05, 3.63) is 58.5 Å². The van der Waals surface area contributed by atoms with Crippen molar-refractivity contribution in [1.29, 1.82) is 0 Å². The maximum atomic E-state index is 14.7. The SMILES string of the molecule is Cc1cc(Cl)cnc1-c1cc(-c2ccc(F)c([C@]3(C)C[C@@H](C(F)(F)F)N=C(N)O3)c2)on1.O=C(O)C(F)(F)F. The lowest BCUT2D eigenvalue weighted by atomic mass is 9.86. The van der Waals surface area contributed by atoms with E-state index in [4.69, 9.17) is 36.5 Å². The van der Waals surface area contributed by atoms with Gasteiger partial charge in [-0.15, -0.1) is 0 Å². The molecule has 0 unspecified atom stereocenters. The number of hydrogen-bond acceptors (Lipinski definition) is 7. The van der Waals surface area contributed by atoms with Gasteiger partial charge in [0.1, 0.15) is 17.1 Å². The van der Waals surface area contributed by atoms with Crippen LogP contribution in [0.3, 0.4) is 0 Å². The van der Waals surface area contributed by atoms with Crippen LogP contribution in [0.1, 0.15) is 24.5 Å². The molecule has 3 heterocycles. The number of rotatable bonds is 3. The topological polar surface area (TPSA) is 124 Å². The number of carboxylic acid groups (broad SMARTS) is 1. The summed E-state index contributed by atoms with van der Waals surface area (Å²) in [6.45, 7) is 3.14. The van der Waals surface area contributed by atoms with Crippen LogP contribution in [0.25, 0.3) is 22.7 Å². The molecule has 0 amide bonds. The van der Waals surface area contributed by atoms with E-state index in [1.165, 1.54) is 25.3 Å². The van der Waals surface area contributed by atoms with E-state index in [0.717, 1.165) is 11.6 Å². The Hall–Kier alpha value is -3.88. The highest BCUT2D eigenvalue weighted by molar-refractivity contribution is 6.30. The number of ether oxygens (including phenoxy) is 1. The number of aryl methyl sites for hydroxylation is 1. The molecule has 2 aromatic heterocycles. The predicted molar refractivity (Wildman–Crippen MR) is 123 cm³/mol. The quantitative estimate of drug-likeness (QED) is 0.362. The van der Waals surface area contributed by atoms with Gasteiger partial charge in [0.25, 0.3) is 6.02 Å². The summed E-state index contributed by atoms with van der Waals surface area (Å²) in [4.78, 5) is 16.5. The Kier molecular flexibility index (Phi) is 8.15. The van der Waals surface area contributed by atoms with Crippen LogP contribution in [-0.2, 0) is 15.1 Å². The van der Waals surface area contributed by atoms with Crippen molar-refractivity contribution >= 4 is 23.6 Å². The van der Waals surface area contributed by atoms with Gasteiger partial charge >= 0.3 is 18.3 Å². The smallest absolute Gasteiger partial charge is 0.475 e. The first-order valence-corrected chi connectivity index (χ1v) is 11.1. The van der Waals surface area contributed by atoms with Crippen molar-refractivity contribution in [2.75, 3.05) is 0 Å². The molecule has 0 fully saturated rings. The van der Waals surface area contributed by atoms with E-state index in [-0.39, 0.29) is 11.3 Å². The van der Waals surface area contributed by atoms with Gasteiger partial charge < -0.3 is 20.1 Å². The third-order valence-corrected chi connectivity index (χ3v) is 5.64. The van der Waals surface area contributed by atoms with Crippen LogP contribution < -0.4 is 5.73 Å². The Morgan fingerprint density at radius 1 is 1.18 bits per heavy atom. The number of benzene rings is 1. The minimum Gasteiger partial charge on any atom is -0.475 e. The fourth-order valence-electron chi connectivity index (χ4n) is 3.64. The molecule has 39 heavy (non-hydrogen) atoms. The lowest BCUT2D eigenvalue weighted by Crippen LogP contribution is -2.46. The van der Waals surface area contributed by atoms with Crippen molar-refractivity contribution in [2.45, 2.75) is 44.3 Å². The zero-order valence-electron chi connectivity index (χ0n) is 19.9. The number of carbonyl (C=O) groups is 1. The predicted octanol–water partition coefficient (Wildman–Crippen LogP) is 6.02. The summed E-state index contributed by atoms with van der Waals surface area (Å²) >= 11 is 5.93. The van der Waals surface area contributed by atoms with Crippen LogP contribution in [-0.4, -0.2) is 45.6 Å². The van der Waals surface area contributed by atoms with Gasteiger partial charge in [-0.2, -0.15) is 26.3 Å². The molecule has 0 aliphatic carbocycles. The highest BCUT2D eigenvalue weighted by Gasteiger charge is 2.49. The van der Waals surface area contributed by atoms with E-state index >= 15 is 0 Å². The second-order valence-electron chi connectivity index (χ2n) is 8.45. The molecule has 8 nitrogen and oxygen atoms in total. The lowest BCUT2D eigenvalue weighted by molar-refractivity contribution is -0.192. The summed E-state index contributed by atoms with van der Waals surface area (Å²) in [5, 5.41) is 11.6. The average molecular weight is 583 g/mol. The number of hydrogen-bond donors (Lipinski definition) is 2. The summed E-state index contributed by atoms with van der Waals surface area (Å²) < 4.78 is 97.1. The number of aliphatic imine (C=N–C) groups is 1. The minimum absolute atomic E-state index is 0.110. The Morgan fingerprint density at radius 3 is 2.38 bits per heavy atom. The van der Waals surface area contributed by atoms with Crippen molar-refractivity contribution in [1.82, 2.24) is 10.1 Å². The average Bonchev–Trinajstić information content (AvgIpc) is 3.28. The molecule has 4 rings (SSSR count). The molecule has 2 atom stereocenters. The number of pyridine rings is 1. The first kappa shape index (κ1) is 29.7. The largest absolute Gasteiger partial charge is 0.490 e. The second kappa shape index (κ2) is 10.7. The summed E-state index contributed by atoms with van der Waals surface area (Å²) in [6.07, 6.45) is -8.89. The fourth-order valence-corrected chi connectivity index (χ4v) is 3.85.